The van der Waals surface area contributed by atoms with E-state index in [1.54, 1.807) is 24.5 Å². The molecular formula is C23H17N3O. The molecule has 4 nitrogen and oxygen atoms in total. The summed E-state index contributed by atoms with van der Waals surface area (Å²) in [5.41, 5.74) is 5.05. The molecule has 3 heterocycles. The third kappa shape index (κ3) is 3.65. The molecule has 1 aromatic carbocycles. The first-order chi connectivity index (χ1) is 13.2. The minimum Gasteiger partial charge on any atom is -0.289 e. The highest BCUT2D eigenvalue weighted by atomic mass is 16.1. The predicted octanol–water partition coefficient (Wildman–Crippen LogP) is 4.75. The average molecular weight is 351 g/mol. The van der Waals surface area contributed by atoms with Crippen LogP contribution in [-0.2, 0) is 0 Å². The van der Waals surface area contributed by atoms with E-state index in [9.17, 15) is 4.79 Å². The zero-order valence-electron chi connectivity index (χ0n) is 14.8. The minimum atomic E-state index is -0.0493. The summed E-state index contributed by atoms with van der Waals surface area (Å²) >= 11 is 0. The van der Waals surface area contributed by atoms with Crippen molar-refractivity contribution >= 4 is 5.78 Å². The zero-order chi connectivity index (χ0) is 18.6. The highest BCUT2D eigenvalue weighted by Gasteiger charge is 2.15. The molecular weight excluding hydrogens is 334 g/mol. The van der Waals surface area contributed by atoms with E-state index in [1.165, 1.54) is 0 Å². The maximum absolute atomic E-state index is 13.1. The first kappa shape index (κ1) is 16.8. The molecule has 0 aliphatic carbocycles. The van der Waals surface area contributed by atoms with Gasteiger partial charge in [0.05, 0.1) is 22.8 Å². The van der Waals surface area contributed by atoms with Crippen molar-refractivity contribution in [2.75, 3.05) is 0 Å². The Morgan fingerprint density at radius 1 is 0.667 bits per heavy atom. The molecule has 27 heavy (non-hydrogen) atoms. The first-order valence-corrected chi connectivity index (χ1v) is 8.67. The van der Waals surface area contributed by atoms with Gasteiger partial charge >= 0.3 is 0 Å². The van der Waals surface area contributed by atoms with Crippen LogP contribution in [0.5, 0.6) is 0 Å². The van der Waals surface area contributed by atoms with E-state index < -0.39 is 0 Å². The van der Waals surface area contributed by atoms with Crippen LogP contribution < -0.4 is 0 Å². The lowest BCUT2D eigenvalue weighted by molar-refractivity contribution is 0.103. The lowest BCUT2D eigenvalue weighted by atomic mass is 10.0. The van der Waals surface area contributed by atoms with E-state index in [-0.39, 0.29) is 5.78 Å². The summed E-state index contributed by atoms with van der Waals surface area (Å²) < 4.78 is 0. The Labute approximate surface area is 157 Å². The van der Waals surface area contributed by atoms with Crippen molar-refractivity contribution < 1.29 is 4.79 Å². The van der Waals surface area contributed by atoms with E-state index >= 15 is 0 Å². The summed E-state index contributed by atoms with van der Waals surface area (Å²) in [7, 11) is 0. The Morgan fingerprint density at radius 3 is 1.70 bits per heavy atom. The van der Waals surface area contributed by atoms with Gasteiger partial charge < -0.3 is 0 Å². The molecule has 0 saturated heterocycles. The molecule has 0 aliphatic rings. The van der Waals surface area contributed by atoms with Crippen molar-refractivity contribution in [3.8, 4) is 22.8 Å². The molecule has 4 rings (SSSR count). The topological polar surface area (TPSA) is 55.7 Å². The van der Waals surface area contributed by atoms with Crippen LogP contribution >= 0.6 is 0 Å². The molecule has 0 spiro atoms. The first-order valence-electron chi connectivity index (χ1n) is 8.67. The Morgan fingerprint density at radius 2 is 1.22 bits per heavy atom. The number of aryl methyl sites for hydroxylation is 1. The van der Waals surface area contributed by atoms with Crippen LogP contribution in [0, 0.1) is 6.92 Å². The van der Waals surface area contributed by atoms with Gasteiger partial charge in [-0.2, -0.15) is 0 Å². The molecule has 0 saturated carbocycles. The second-order valence-corrected chi connectivity index (χ2v) is 6.25. The molecule has 3 aromatic heterocycles. The van der Waals surface area contributed by atoms with Crippen LogP contribution in [0.1, 0.15) is 21.5 Å². The summed E-state index contributed by atoms with van der Waals surface area (Å²) in [6, 6.07) is 22.4. The number of ketones is 1. The van der Waals surface area contributed by atoms with Gasteiger partial charge in [-0.15, -0.1) is 0 Å². The molecule has 0 fully saturated rings. The minimum absolute atomic E-state index is 0.0493. The Balaban J connectivity index is 1.85. The Kier molecular flexibility index (Phi) is 4.54. The van der Waals surface area contributed by atoms with Crippen LogP contribution in [0.25, 0.3) is 22.8 Å². The van der Waals surface area contributed by atoms with Gasteiger partial charge in [-0.3, -0.25) is 14.8 Å². The van der Waals surface area contributed by atoms with E-state index in [1.807, 2.05) is 67.6 Å². The zero-order valence-corrected chi connectivity index (χ0v) is 14.8. The second kappa shape index (κ2) is 7.30. The summed E-state index contributed by atoms with van der Waals surface area (Å²) in [5.74, 6) is -0.0493. The van der Waals surface area contributed by atoms with Crippen LogP contribution in [-0.4, -0.2) is 20.7 Å². The van der Waals surface area contributed by atoms with Crippen molar-refractivity contribution in [2.45, 2.75) is 6.92 Å². The summed E-state index contributed by atoms with van der Waals surface area (Å²) in [4.78, 5) is 26.5. The smallest absolute Gasteiger partial charge is 0.193 e. The fourth-order valence-corrected chi connectivity index (χ4v) is 2.82. The quantitative estimate of drug-likeness (QED) is 0.498. The molecule has 4 heteroatoms. The van der Waals surface area contributed by atoms with Crippen LogP contribution in [0.15, 0.2) is 85.2 Å². The fourth-order valence-electron chi connectivity index (χ4n) is 2.82. The molecule has 0 atom stereocenters. The number of hydrogen-bond donors (Lipinski definition) is 0. The number of rotatable bonds is 4. The monoisotopic (exact) mass is 351 g/mol. The molecule has 4 aromatic rings. The average Bonchev–Trinajstić information content (AvgIpc) is 2.75. The molecule has 0 unspecified atom stereocenters. The molecule has 0 aliphatic heterocycles. The SMILES string of the molecule is Cc1ccc(C(=O)c2cc(-c3ccccn3)nc(-c3ccccn3)c2)cc1. The van der Waals surface area contributed by atoms with Gasteiger partial charge in [-0.25, -0.2) is 4.98 Å². The standard InChI is InChI=1S/C23H17N3O/c1-16-8-10-17(11-9-16)23(27)18-14-21(19-6-2-4-12-24-19)26-22(15-18)20-7-3-5-13-25-20/h2-15H,1H3. The maximum Gasteiger partial charge on any atom is 0.193 e. The van der Waals surface area contributed by atoms with E-state index in [0.717, 1.165) is 5.56 Å². The number of carbonyl (C=O) groups is 1. The summed E-state index contributed by atoms with van der Waals surface area (Å²) in [6.45, 7) is 2.00. The summed E-state index contributed by atoms with van der Waals surface area (Å²) in [6.07, 6.45) is 3.43. The molecule has 0 radical (unpaired) electrons. The molecule has 0 bridgehead atoms. The third-order valence-corrected chi connectivity index (χ3v) is 4.26. The van der Waals surface area contributed by atoms with Gasteiger partial charge in [-0.05, 0) is 43.3 Å². The highest BCUT2D eigenvalue weighted by molar-refractivity contribution is 6.09. The summed E-state index contributed by atoms with van der Waals surface area (Å²) in [5, 5.41) is 0. The van der Waals surface area contributed by atoms with Gasteiger partial charge in [0.15, 0.2) is 5.78 Å². The third-order valence-electron chi connectivity index (χ3n) is 4.26. The molecule has 0 amide bonds. The number of benzene rings is 1. The van der Waals surface area contributed by atoms with Gasteiger partial charge in [-0.1, -0.05) is 42.0 Å². The van der Waals surface area contributed by atoms with Crippen LogP contribution in [0.2, 0.25) is 0 Å². The normalized spacial score (nSPS) is 10.6. The van der Waals surface area contributed by atoms with Crippen molar-refractivity contribution in [1.82, 2.24) is 15.0 Å². The predicted molar refractivity (Wildman–Crippen MR) is 105 cm³/mol. The van der Waals surface area contributed by atoms with E-state index in [0.29, 0.717) is 33.9 Å². The lowest BCUT2D eigenvalue weighted by Gasteiger charge is -2.09. The Hall–Kier alpha value is -3.66. The largest absolute Gasteiger partial charge is 0.289 e. The maximum atomic E-state index is 13.1. The number of pyridine rings is 3. The van der Waals surface area contributed by atoms with Crippen LogP contribution in [0.4, 0.5) is 0 Å². The molecule has 0 N–H and O–H groups in total. The van der Waals surface area contributed by atoms with Crippen molar-refractivity contribution in [1.29, 1.82) is 0 Å². The second-order valence-electron chi connectivity index (χ2n) is 6.25. The number of nitrogens with zero attached hydrogens (tertiary/aromatic N) is 3. The molecule has 130 valence electrons. The van der Waals surface area contributed by atoms with Gasteiger partial charge in [0.25, 0.3) is 0 Å². The Bertz CT molecular complexity index is 1020. The lowest BCUT2D eigenvalue weighted by Crippen LogP contribution is -2.04. The van der Waals surface area contributed by atoms with E-state index in [2.05, 4.69) is 15.0 Å². The highest BCUT2D eigenvalue weighted by Crippen LogP contribution is 2.24. The van der Waals surface area contributed by atoms with Crippen molar-refractivity contribution in [2.24, 2.45) is 0 Å². The van der Waals surface area contributed by atoms with Gasteiger partial charge in [0.2, 0.25) is 0 Å². The van der Waals surface area contributed by atoms with E-state index in [4.69, 9.17) is 0 Å². The fraction of sp³-hybridized carbons (Fsp3) is 0.0435. The number of hydrogen-bond acceptors (Lipinski definition) is 4. The van der Waals surface area contributed by atoms with Crippen molar-refractivity contribution in [3.05, 3.63) is 102 Å². The van der Waals surface area contributed by atoms with Crippen molar-refractivity contribution in [3.63, 3.8) is 0 Å². The number of aromatic nitrogens is 3. The van der Waals surface area contributed by atoms with Crippen LogP contribution in [0.3, 0.4) is 0 Å². The number of carbonyl (C=O) groups excluding carboxylic acids is 1. The van der Waals surface area contributed by atoms with Gasteiger partial charge in [0, 0.05) is 23.5 Å². The van der Waals surface area contributed by atoms with Gasteiger partial charge in [0.1, 0.15) is 0 Å².